The van der Waals surface area contributed by atoms with E-state index in [0.717, 1.165) is 24.1 Å². The van der Waals surface area contributed by atoms with E-state index < -0.39 is 0 Å². The summed E-state index contributed by atoms with van der Waals surface area (Å²) in [7, 11) is 0. The second-order valence-electron chi connectivity index (χ2n) is 7.64. The maximum absolute atomic E-state index is 13.3. The zero-order valence-electron chi connectivity index (χ0n) is 16.7. The first-order valence-electron chi connectivity index (χ1n) is 10.4. The molecule has 0 radical (unpaired) electrons. The molecule has 2 saturated heterocycles. The molecule has 0 bridgehead atoms. The van der Waals surface area contributed by atoms with E-state index in [0.29, 0.717) is 32.1 Å². The van der Waals surface area contributed by atoms with E-state index in [1.54, 1.807) is 4.68 Å². The van der Waals surface area contributed by atoms with Crippen molar-refractivity contribution < 1.29 is 14.3 Å². The largest absolute Gasteiger partial charge is 0.350 e. The van der Waals surface area contributed by atoms with Crippen LogP contribution >= 0.6 is 0 Å². The third-order valence-corrected chi connectivity index (χ3v) is 5.61. The number of rotatable bonds is 4. The molecule has 2 aliphatic rings. The first-order chi connectivity index (χ1) is 14.8. The molecule has 2 aliphatic heterocycles. The standard InChI is InChI=1S/C23H24N4O3/c28-22(26-13-7-10-18(16-26)23-29-14-15-30-23)20-24-21(17-8-3-1-4-9-17)27(25-20)19-11-5-2-6-12-19/h1-6,8-9,11-12,18,23H,7,10,13-16H2. The Labute approximate surface area is 175 Å². The summed E-state index contributed by atoms with van der Waals surface area (Å²) in [5.41, 5.74) is 1.78. The molecule has 5 rings (SSSR count). The number of aromatic nitrogens is 3. The van der Waals surface area contributed by atoms with E-state index in [4.69, 9.17) is 9.47 Å². The van der Waals surface area contributed by atoms with Crippen LogP contribution in [0.3, 0.4) is 0 Å². The molecule has 2 fully saturated rings. The van der Waals surface area contributed by atoms with E-state index in [9.17, 15) is 4.79 Å². The van der Waals surface area contributed by atoms with Crippen molar-refractivity contribution in [2.45, 2.75) is 19.1 Å². The monoisotopic (exact) mass is 404 g/mol. The summed E-state index contributed by atoms with van der Waals surface area (Å²) in [5.74, 6) is 0.910. The lowest BCUT2D eigenvalue weighted by Gasteiger charge is -2.34. The maximum Gasteiger partial charge on any atom is 0.293 e. The van der Waals surface area contributed by atoms with Crippen LogP contribution in [-0.2, 0) is 9.47 Å². The maximum atomic E-state index is 13.3. The van der Waals surface area contributed by atoms with Gasteiger partial charge in [-0.15, -0.1) is 5.10 Å². The van der Waals surface area contributed by atoms with Gasteiger partial charge in [0.25, 0.3) is 5.91 Å². The zero-order valence-corrected chi connectivity index (χ0v) is 16.7. The molecule has 2 aromatic carbocycles. The molecule has 30 heavy (non-hydrogen) atoms. The first-order valence-corrected chi connectivity index (χ1v) is 10.4. The van der Waals surface area contributed by atoms with Gasteiger partial charge in [0, 0.05) is 24.6 Å². The van der Waals surface area contributed by atoms with Crippen molar-refractivity contribution in [1.82, 2.24) is 19.7 Å². The van der Waals surface area contributed by atoms with Crippen molar-refractivity contribution in [3.05, 3.63) is 66.5 Å². The van der Waals surface area contributed by atoms with Crippen LogP contribution in [-0.4, -0.2) is 58.2 Å². The van der Waals surface area contributed by atoms with Gasteiger partial charge in [-0.05, 0) is 25.0 Å². The number of ether oxygens (including phenoxy) is 2. The Hall–Kier alpha value is -3.03. The molecule has 3 heterocycles. The second kappa shape index (κ2) is 8.38. The highest BCUT2D eigenvalue weighted by Crippen LogP contribution is 2.26. The molecule has 0 N–H and O–H groups in total. The molecule has 1 unspecified atom stereocenters. The van der Waals surface area contributed by atoms with Crippen LogP contribution < -0.4 is 0 Å². The number of amides is 1. The molecule has 154 valence electrons. The molecule has 0 spiro atoms. The average molecular weight is 404 g/mol. The van der Waals surface area contributed by atoms with Crippen LogP contribution in [0.15, 0.2) is 60.7 Å². The molecular weight excluding hydrogens is 380 g/mol. The average Bonchev–Trinajstić information content (AvgIpc) is 3.51. The summed E-state index contributed by atoms with van der Waals surface area (Å²) in [6.45, 7) is 2.55. The fraction of sp³-hybridized carbons (Fsp3) is 0.348. The molecule has 1 atom stereocenters. The van der Waals surface area contributed by atoms with Gasteiger partial charge < -0.3 is 14.4 Å². The van der Waals surface area contributed by atoms with Crippen LogP contribution in [0.25, 0.3) is 17.1 Å². The topological polar surface area (TPSA) is 69.5 Å². The van der Waals surface area contributed by atoms with Crippen molar-refractivity contribution in [2.24, 2.45) is 5.92 Å². The van der Waals surface area contributed by atoms with Crippen molar-refractivity contribution in [3.8, 4) is 17.1 Å². The highest BCUT2D eigenvalue weighted by Gasteiger charge is 2.34. The minimum absolute atomic E-state index is 0.149. The van der Waals surface area contributed by atoms with Gasteiger partial charge in [-0.25, -0.2) is 9.67 Å². The number of likely N-dealkylation sites (tertiary alicyclic amines) is 1. The van der Waals surface area contributed by atoms with Crippen molar-refractivity contribution in [3.63, 3.8) is 0 Å². The number of para-hydroxylation sites is 1. The lowest BCUT2D eigenvalue weighted by Crippen LogP contribution is -2.44. The molecular formula is C23H24N4O3. The predicted octanol–water partition coefficient (Wildman–Crippen LogP) is 3.16. The summed E-state index contributed by atoms with van der Waals surface area (Å²) in [5, 5.41) is 4.61. The van der Waals surface area contributed by atoms with E-state index in [1.165, 1.54) is 0 Å². The molecule has 1 aromatic heterocycles. The number of hydrogen-bond donors (Lipinski definition) is 0. The number of benzene rings is 2. The highest BCUT2D eigenvalue weighted by molar-refractivity contribution is 5.91. The van der Waals surface area contributed by atoms with Gasteiger partial charge >= 0.3 is 0 Å². The molecule has 0 saturated carbocycles. The smallest absolute Gasteiger partial charge is 0.293 e. The SMILES string of the molecule is O=C(c1nc(-c2ccccc2)n(-c2ccccc2)n1)N1CCCC(C2OCCO2)C1. The molecule has 0 aliphatic carbocycles. The van der Waals surface area contributed by atoms with Gasteiger partial charge in [0.15, 0.2) is 12.1 Å². The van der Waals surface area contributed by atoms with E-state index in [2.05, 4.69) is 10.1 Å². The van der Waals surface area contributed by atoms with Gasteiger partial charge in [0.05, 0.1) is 18.9 Å². The number of hydrogen-bond acceptors (Lipinski definition) is 5. The Morgan fingerprint density at radius 1 is 0.967 bits per heavy atom. The summed E-state index contributed by atoms with van der Waals surface area (Å²) in [6.07, 6.45) is 1.70. The van der Waals surface area contributed by atoms with Crippen molar-refractivity contribution >= 4 is 5.91 Å². The first kappa shape index (κ1) is 19.0. The van der Waals surface area contributed by atoms with Gasteiger partial charge in [-0.2, -0.15) is 0 Å². The molecule has 7 nitrogen and oxygen atoms in total. The van der Waals surface area contributed by atoms with E-state index >= 15 is 0 Å². The van der Waals surface area contributed by atoms with E-state index in [-0.39, 0.29) is 23.9 Å². The Balaban J connectivity index is 1.45. The van der Waals surface area contributed by atoms with Crippen LogP contribution in [0.1, 0.15) is 23.5 Å². The minimum atomic E-state index is -0.213. The normalized spacial score (nSPS) is 19.9. The highest BCUT2D eigenvalue weighted by atomic mass is 16.7. The van der Waals surface area contributed by atoms with Gasteiger partial charge in [-0.3, -0.25) is 4.79 Å². The lowest BCUT2D eigenvalue weighted by molar-refractivity contribution is -0.0969. The Morgan fingerprint density at radius 3 is 2.40 bits per heavy atom. The summed E-state index contributed by atoms with van der Waals surface area (Å²) >= 11 is 0. The number of nitrogens with zero attached hydrogens (tertiary/aromatic N) is 4. The quantitative estimate of drug-likeness (QED) is 0.668. The third kappa shape index (κ3) is 3.74. The zero-order chi connectivity index (χ0) is 20.3. The Morgan fingerprint density at radius 2 is 1.67 bits per heavy atom. The summed E-state index contributed by atoms with van der Waals surface area (Å²) in [6, 6.07) is 19.6. The molecule has 1 amide bonds. The Bertz CT molecular complexity index is 943. The van der Waals surface area contributed by atoms with E-state index in [1.807, 2.05) is 65.6 Å². The number of carbonyl (C=O) groups excluding carboxylic acids is 1. The van der Waals surface area contributed by atoms with Gasteiger partial charge in [0.1, 0.15) is 0 Å². The summed E-state index contributed by atoms with van der Waals surface area (Å²) in [4.78, 5) is 19.8. The van der Waals surface area contributed by atoms with Crippen LogP contribution in [0, 0.1) is 5.92 Å². The predicted molar refractivity (Wildman–Crippen MR) is 111 cm³/mol. The minimum Gasteiger partial charge on any atom is -0.350 e. The second-order valence-corrected chi connectivity index (χ2v) is 7.64. The fourth-order valence-corrected chi connectivity index (χ4v) is 4.13. The summed E-state index contributed by atoms with van der Waals surface area (Å²) < 4.78 is 13.1. The molecule has 7 heteroatoms. The number of carbonyl (C=O) groups is 1. The fourth-order valence-electron chi connectivity index (χ4n) is 4.13. The molecule has 3 aromatic rings. The van der Waals surface area contributed by atoms with Gasteiger partial charge in [0.2, 0.25) is 5.82 Å². The van der Waals surface area contributed by atoms with Crippen LogP contribution in [0.4, 0.5) is 0 Å². The lowest BCUT2D eigenvalue weighted by atomic mass is 9.97. The van der Waals surface area contributed by atoms with Gasteiger partial charge in [-0.1, -0.05) is 48.5 Å². The van der Waals surface area contributed by atoms with Crippen molar-refractivity contribution in [2.75, 3.05) is 26.3 Å². The third-order valence-electron chi connectivity index (χ3n) is 5.61. The Kier molecular flexibility index (Phi) is 5.29. The van der Waals surface area contributed by atoms with Crippen molar-refractivity contribution in [1.29, 1.82) is 0 Å². The van der Waals surface area contributed by atoms with Crippen LogP contribution in [0.2, 0.25) is 0 Å². The van der Waals surface area contributed by atoms with Crippen LogP contribution in [0.5, 0.6) is 0 Å². The number of piperidine rings is 1.